The topological polar surface area (TPSA) is 38.8 Å². The first-order valence-corrected chi connectivity index (χ1v) is 4.76. The lowest BCUT2D eigenvalue weighted by Crippen LogP contribution is -2.37. The van der Waals surface area contributed by atoms with Gasteiger partial charge in [0.1, 0.15) is 0 Å². The zero-order valence-electron chi connectivity index (χ0n) is 8.62. The van der Waals surface area contributed by atoms with Crippen LogP contribution in [0.15, 0.2) is 12.2 Å². The Balaban J connectivity index is 2.21. The predicted octanol–water partition coefficient (Wildman–Crippen LogP) is 0.438. The monoisotopic (exact) mass is 199 g/mol. The number of ether oxygens (including phenoxy) is 2. The first-order valence-electron chi connectivity index (χ1n) is 4.76. The molecule has 0 aromatic rings. The lowest BCUT2D eigenvalue weighted by Gasteiger charge is -2.27. The Morgan fingerprint density at radius 3 is 2.71 bits per heavy atom. The van der Waals surface area contributed by atoms with E-state index in [4.69, 9.17) is 4.74 Å². The number of methoxy groups -OCH3 is 1. The van der Waals surface area contributed by atoms with Gasteiger partial charge in [-0.25, -0.2) is 0 Å². The molecule has 0 spiro atoms. The molecule has 80 valence electrons. The van der Waals surface area contributed by atoms with Crippen LogP contribution in [0.5, 0.6) is 0 Å². The zero-order valence-corrected chi connectivity index (χ0v) is 8.62. The molecule has 1 aliphatic rings. The van der Waals surface area contributed by atoms with Gasteiger partial charge in [0.2, 0.25) is 0 Å². The molecular formula is C10H17NO3. The van der Waals surface area contributed by atoms with Crippen molar-refractivity contribution in [3.05, 3.63) is 12.2 Å². The highest BCUT2D eigenvalue weighted by molar-refractivity contribution is 5.72. The second-order valence-corrected chi connectivity index (χ2v) is 3.39. The summed E-state index contributed by atoms with van der Waals surface area (Å²) in [4.78, 5) is 13.2. The van der Waals surface area contributed by atoms with E-state index in [2.05, 4.69) is 16.2 Å². The maximum atomic E-state index is 10.9. The van der Waals surface area contributed by atoms with E-state index in [1.807, 2.05) is 0 Å². The van der Waals surface area contributed by atoms with Crippen molar-refractivity contribution in [1.29, 1.82) is 0 Å². The molecule has 0 atom stereocenters. The van der Waals surface area contributed by atoms with Crippen molar-refractivity contribution in [2.24, 2.45) is 0 Å². The molecule has 0 aromatic carbocycles. The molecule has 1 aliphatic heterocycles. The third kappa shape index (κ3) is 3.89. The molecule has 0 radical (unpaired) electrons. The minimum Gasteiger partial charge on any atom is -0.469 e. The van der Waals surface area contributed by atoms with Gasteiger partial charge in [-0.3, -0.25) is 9.69 Å². The molecule has 4 nitrogen and oxygen atoms in total. The van der Waals surface area contributed by atoms with Crippen molar-refractivity contribution < 1.29 is 14.3 Å². The number of hydrogen-bond acceptors (Lipinski definition) is 4. The molecule has 1 saturated heterocycles. The number of morpholine rings is 1. The smallest absolute Gasteiger partial charge is 0.309 e. The van der Waals surface area contributed by atoms with E-state index in [0.29, 0.717) is 6.42 Å². The molecule has 4 heteroatoms. The molecule has 1 rings (SSSR count). The van der Waals surface area contributed by atoms with Gasteiger partial charge in [0, 0.05) is 19.6 Å². The summed E-state index contributed by atoms with van der Waals surface area (Å²) in [5.41, 5.74) is 0.902. The number of nitrogens with zero attached hydrogens (tertiary/aromatic N) is 1. The third-order valence-corrected chi connectivity index (χ3v) is 2.17. The van der Waals surface area contributed by atoms with Crippen LogP contribution in [-0.4, -0.2) is 50.8 Å². The fraction of sp³-hybridized carbons (Fsp3) is 0.700. The van der Waals surface area contributed by atoms with E-state index in [0.717, 1.165) is 38.4 Å². The normalized spacial score (nSPS) is 17.8. The molecule has 0 bridgehead atoms. The van der Waals surface area contributed by atoms with Crippen molar-refractivity contribution in [3.8, 4) is 0 Å². The lowest BCUT2D eigenvalue weighted by atomic mass is 10.2. The third-order valence-electron chi connectivity index (χ3n) is 2.17. The molecular weight excluding hydrogens is 182 g/mol. The minimum atomic E-state index is -0.219. The number of esters is 1. The molecule has 0 aliphatic carbocycles. The Morgan fingerprint density at radius 1 is 1.50 bits per heavy atom. The van der Waals surface area contributed by atoms with Crippen LogP contribution < -0.4 is 0 Å². The highest BCUT2D eigenvalue weighted by Crippen LogP contribution is 2.05. The summed E-state index contributed by atoms with van der Waals surface area (Å²) in [5, 5.41) is 0. The van der Waals surface area contributed by atoms with E-state index < -0.39 is 0 Å². The summed E-state index contributed by atoms with van der Waals surface area (Å²) in [6, 6.07) is 0. The van der Waals surface area contributed by atoms with Crippen molar-refractivity contribution in [3.63, 3.8) is 0 Å². The average molecular weight is 199 g/mol. The Bertz CT molecular complexity index is 209. The fourth-order valence-electron chi connectivity index (χ4n) is 1.41. The largest absolute Gasteiger partial charge is 0.469 e. The summed E-state index contributed by atoms with van der Waals surface area (Å²) in [7, 11) is 1.39. The maximum absolute atomic E-state index is 10.9. The van der Waals surface area contributed by atoms with Gasteiger partial charge in [0.15, 0.2) is 0 Å². The zero-order chi connectivity index (χ0) is 10.4. The number of carbonyl (C=O) groups is 1. The Labute approximate surface area is 84.5 Å². The maximum Gasteiger partial charge on any atom is 0.309 e. The highest BCUT2D eigenvalue weighted by Gasteiger charge is 2.12. The SMILES string of the molecule is C=C(CC(=O)OC)CN1CCOCC1. The Kier molecular flexibility index (Phi) is 4.62. The molecule has 1 fully saturated rings. The predicted molar refractivity (Wildman–Crippen MR) is 53.0 cm³/mol. The molecule has 1 heterocycles. The van der Waals surface area contributed by atoms with Crippen molar-refractivity contribution in [1.82, 2.24) is 4.90 Å². The van der Waals surface area contributed by atoms with E-state index >= 15 is 0 Å². The van der Waals surface area contributed by atoms with Gasteiger partial charge in [-0.2, -0.15) is 0 Å². The molecule has 14 heavy (non-hydrogen) atoms. The van der Waals surface area contributed by atoms with Crippen LogP contribution in [0.2, 0.25) is 0 Å². The van der Waals surface area contributed by atoms with Crippen LogP contribution in [0.4, 0.5) is 0 Å². The van der Waals surface area contributed by atoms with Crippen molar-refractivity contribution >= 4 is 5.97 Å². The second-order valence-electron chi connectivity index (χ2n) is 3.39. The molecule has 0 N–H and O–H groups in total. The Morgan fingerprint density at radius 2 is 2.14 bits per heavy atom. The van der Waals surface area contributed by atoms with Gasteiger partial charge in [-0.05, 0) is 0 Å². The van der Waals surface area contributed by atoms with Crippen LogP contribution in [0, 0.1) is 0 Å². The number of carbonyl (C=O) groups excluding carboxylic acids is 1. The van der Waals surface area contributed by atoms with Crippen molar-refractivity contribution in [2.75, 3.05) is 40.0 Å². The average Bonchev–Trinajstić information content (AvgIpc) is 2.19. The molecule has 0 saturated carbocycles. The lowest BCUT2D eigenvalue weighted by molar-refractivity contribution is -0.139. The Hall–Kier alpha value is -0.870. The number of rotatable bonds is 4. The standard InChI is InChI=1S/C10H17NO3/c1-9(7-10(12)13-2)8-11-3-5-14-6-4-11/h1,3-8H2,2H3. The highest BCUT2D eigenvalue weighted by atomic mass is 16.5. The summed E-state index contributed by atoms with van der Waals surface area (Å²) >= 11 is 0. The van der Waals surface area contributed by atoms with Gasteiger partial charge >= 0.3 is 5.97 Å². The van der Waals surface area contributed by atoms with Crippen LogP contribution in [0.3, 0.4) is 0 Å². The first-order chi connectivity index (χ1) is 6.72. The summed E-state index contributed by atoms with van der Waals surface area (Å²) in [6.45, 7) is 7.99. The molecule has 0 unspecified atom stereocenters. The molecule has 0 aromatic heterocycles. The molecule has 0 amide bonds. The first kappa shape index (κ1) is 11.2. The van der Waals surface area contributed by atoms with Crippen molar-refractivity contribution in [2.45, 2.75) is 6.42 Å². The quantitative estimate of drug-likeness (QED) is 0.486. The minimum absolute atomic E-state index is 0.219. The van der Waals surface area contributed by atoms with E-state index in [9.17, 15) is 4.79 Å². The summed E-state index contributed by atoms with van der Waals surface area (Å²) in [5.74, 6) is -0.219. The van der Waals surface area contributed by atoms with Gasteiger partial charge in [0.25, 0.3) is 0 Å². The van der Waals surface area contributed by atoms with Gasteiger partial charge < -0.3 is 9.47 Å². The van der Waals surface area contributed by atoms with Gasteiger partial charge in [-0.1, -0.05) is 12.2 Å². The van der Waals surface area contributed by atoms with Gasteiger partial charge in [-0.15, -0.1) is 0 Å². The fourth-order valence-corrected chi connectivity index (χ4v) is 1.41. The van der Waals surface area contributed by atoms with E-state index in [1.54, 1.807) is 0 Å². The second kappa shape index (κ2) is 5.78. The van der Waals surface area contributed by atoms with Crippen LogP contribution in [-0.2, 0) is 14.3 Å². The number of hydrogen-bond donors (Lipinski definition) is 0. The van der Waals surface area contributed by atoms with E-state index in [-0.39, 0.29) is 5.97 Å². The van der Waals surface area contributed by atoms with Crippen LogP contribution in [0.25, 0.3) is 0 Å². The van der Waals surface area contributed by atoms with Crippen LogP contribution >= 0.6 is 0 Å². The van der Waals surface area contributed by atoms with Crippen LogP contribution in [0.1, 0.15) is 6.42 Å². The summed E-state index contributed by atoms with van der Waals surface area (Å²) in [6.07, 6.45) is 0.313. The van der Waals surface area contributed by atoms with Gasteiger partial charge in [0.05, 0.1) is 26.7 Å². The summed E-state index contributed by atoms with van der Waals surface area (Å²) < 4.78 is 9.79. The van der Waals surface area contributed by atoms with E-state index in [1.165, 1.54) is 7.11 Å².